The zero-order valence-electron chi connectivity index (χ0n) is 14.9. The number of amides is 1. The van der Waals surface area contributed by atoms with Crippen molar-refractivity contribution in [2.45, 2.75) is 32.4 Å². The summed E-state index contributed by atoms with van der Waals surface area (Å²) in [5.41, 5.74) is 5.56. The van der Waals surface area contributed by atoms with Gasteiger partial charge in [-0.05, 0) is 24.8 Å². The Morgan fingerprint density at radius 3 is 2.68 bits per heavy atom. The van der Waals surface area contributed by atoms with E-state index in [-0.39, 0.29) is 24.1 Å². The molecule has 0 aromatic carbocycles. The fraction of sp³-hybridized carbons (Fsp3) is 0.588. The van der Waals surface area contributed by atoms with E-state index >= 15 is 0 Å². The first-order chi connectivity index (χ1) is 11.8. The van der Waals surface area contributed by atoms with Gasteiger partial charge in [0.25, 0.3) is 5.56 Å². The molecule has 0 bridgehead atoms. The number of carbonyl (C=O) groups is 1. The van der Waals surface area contributed by atoms with E-state index in [0.717, 1.165) is 17.4 Å². The summed E-state index contributed by atoms with van der Waals surface area (Å²) < 4.78 is 4.15. The largest absolute Gasteiger partial charge is 0.337 e. The van der Waals surface area contributed by atoms with Crippen LogP contribution in [-0.2, 0) is 25.4 Å². The van der Waals surface area contributed by atoms with Crippen LogP contribution >= 0.6 is 0 Å². The average Bonchev–Trinajstić information content (AvgIpc) is 3.01. The zero-order valence-corrected chi connectivity index (χ0v) is 14.9. The molecule has 2 aromatic rings. The number of nitrogens with two attached hydrogens (primary N) is 1. The third-order valence-electron chi connectivity index (χ3n) is 5.24. The maximum atomic E-state index is 12.8. The highest BCUT2D eigenvalue weighted by atomic mass is 16.2. The molecule has 1 fully saturated rings. The number of aromatic nitrogens is 3. The quantitative estimate of drug-likeness (QED) is 0.819. The van der Waals surface area contributed by atoms with Crippen molar-refractivity contribution in [2.75, 3.05) is 13.1 Å². The molecule has 2 aromatic heterocycles. The Bertz CT molecular complexity index is 923. The normalized spacial score (nSPS) is 21.0. The van der Waals surface area contributed by atoms with Crippen molar-refractivity contribution in [1.82, 2.24) is 18.6 Å². The Labute approximate surface area is 145 Å². The predicted octanol–water partition coefficient (Wildman–Crippen LogP) is -0.375. The minimum absolute atomic E-state index is 0.0343. The fourth-order valence-corrected chi connectivity index (χ4v) is 3.76. The molecule has 8 heteroatoms. The molecule has 8 nitrogen and oxygen atoms in total. The average molecular weight is 347 g/mol. The first-order valence-electron chi connectivity index (χ1n) is 8.59. The Morgan fingerprint density at radius 2 is 2.00 bits per heavy atom. The molecule has 25 heavy (non-hydrogen) atoms. The highest BCUT2D eigenvalue weighted by Gasteiger charge is 2.29. The summed E-state index contributed by atoms with van der Waals surface area (Å²) in [6.07, 6.45) is 3.56. The van der Waals surface area contributed by atoms with Gasteiger partial charge in [-0.25, -0.2) is 4.79 Å². The molecule has 2 unspecified atom stereocenters. The van der Waals surface area contributed by atoms with Crippen molar-refractivity contribution in [1.29, 1.82) is 0 Å². The monoisotopic (exact) mass is 347 g/mol. The molecule has 2 N–H and O–H groups in total. The van der Waals surface area contributed by atoms with Crippen LogP contribution in [0.5, 0.6) is 0 Å². The SMILES string of the molecule is CC1CCN(C(=O)Cn2ccc3c(=O)n(C)c(=O)n(C)c32)C(CN)C1. The second-order valence-electron chi connectivity index (χ2n) is 6.99. The first-order valence-corrected chi connectivity index (χ1v) is 8.59. The number of fused-ring (bicyclic) bond motifs is 1. The standard InChI is InChI=1S/C17H25N5O3/c1-11-4-7-22(12(8-11)9-18)14(23)10-21-6-5-13-15(21)19(2)17(25)20(3)16(13)24/h5-6,11-12H,4,7-10,18H2,1-3H3. The Balaban J connectivity index is 1.95. The number of rotatable bonds is 3. The summed E-state index contributed by atoms with van der Waals surface area (Å²) >= 11 is 0. The lowest BCUT2D eigenvalue weighted by molar-refractivity contribution is -0.135. The molecule has 136 valence electrons. The van der Waals surface area contributed by atoms with E-state index < -0.39 is 5.69 Å². The molecule has 1 aliphatic heterocycles. The summed E-state index contributed by atoms with van der Waals surface area (Å²) in [5.74, 6) is 0.529. The minimum Gasteiger partial charge on any atom is -0.337 e. The molecule has 0 spiro atoms. The molecule has 2 atom stereocenters. The van der Waals surface area contributed by atoms with Gasteiger partial charge in [0.05, 0.1) is 5.39 Å². The highest BCUT2D eigenvalue weighted by molar-refractivity contribution is 5.81. The van der Waals surface area contributed by atoms with E-state index in [1.54, 1.807) is 23.9 Å². The number of aryl methyl sites for hydroxylation is 1. The van der Waals surface area contributed by atoms with Gasteiger partial charge in [-0.1, -0.05) is 6.92 Å². The highest BCUT2D eigenvalue weighted by Crippen LogP contribution is 2.22. The topological polar surface area (TPSA) is 95.3 Å². The summed E-state index contributed by atoms with van der Waals surface area (Å²) in [6.45, 7) is 3.41. The van der Waals surface area contributed by atoms with Crippen molar-refractivity contribution in [3.8, 4) is 0 Å². The van der Waals surface area contributed by atoms with Crippen LogP contribution in [0.2, 0.25) is 0 Å². The van der Waals surface area contributed by atoms with Crippen molar-refractivity contribution in [3.05, 3.63) is 33.1 Å². The smallest absolute Gasteiger partial charge is 0.332 e. The Morgan fingerprint density at radius 1 is 1.28 bits per heavy atom. The van der Waals surface area contributed by atoms with Crippen LogP contribution in [0.15, 0.2) is 21.9 Å². The summed E-state index contributed by atoms with van der Waals surface area (Å²) in [6, 6.07) is 1.71. The third kappa shape index (κ3) is 2.90. The van der Waals surface area contributed by atoms with Gasteiger partial charge in [-0.3, -0.25) is 18.7 Å². The molecule has 1 aliphatic rings. The molecular formula is C17H25N5O3. The van der Waals surface area contributed by atoms with Crippen LogP contribution in [0.4, 0.5) is 0 Å². The van der Waals surface area contributed by atoms with Gasteiger partial charge < -0.3 is 15.2 Å². The van der Waals surface area contributed by atoms with E-state index in [1.807, 2.05) is 4.90 Å². The van der Waals surface area contributed by atoms with Gasteiger partial charge >= 0.3 is 5.69 Å². The lowest BCUT2D eigenvalue weighted by Gasteiger charge is -2.38. The van der Waals surface area contributed by atoms with E-state index in [0.29, 0.717) is 30.0 Å². The lowest BCUT2D eigenvalue weighted by atomic mass is 9.92. The van der Waals surface area contributed by atoms with E-state index in [2.05, 4.69) is 6.92 Å². The van der Waals surface area contributed by atoms with Crippen molar-refractivity contribution in [3.63, 3.8) is 0 Å². The lowest BCUT2D eigenvalue weighted by Crippen LogP contribution is -2.50. The van der Waals surface area contributed by atoms with Crippen molar-refractivity contribution >= 4 is 16.9 Å². The first kappa shape index (κ1) is 17.5. The van der Waals surface area contributed by atoms with Gasteiger partial charge in [-0.15, -0.1) is 0 Å². The molecule has 0 radical (unpaired) electrons. The molecule has 0 aliphatic carbocycles. The number of piperidine rings is 1. The Kier molecular flexibility index (Phi) is 4.55. The van der Waals surface area contributed by atoms with Crippen LogP contribution in [0.1, 0.15) is 19.8 Å². The number of hydrogen-bond acceptors (Lipinski definition) is 4. The second-order valence-corrected chi connectivity index (χ2v) is 6.99. The third-order valence-corrected chi connectivity index (χ3v) is 5.24. The van der Waals surface area contributed by atoms with Crippen molar-refractivity contribution in [2.24, 2.45) is 25.7 Å². The van der Waals surface area contributed by atoms with Gasteiger partial charge in [0.1, 0.15) is 12.2 Å². The Hall–Kier alpha value is -2.35. The number of likely N-dealkylation sites (tertiary alicyclic amines) is 1. The molecule has 3 heterocycles. The second kappa shape index (κ2) is 6.51. The molecule has 0 saturated carbocycles. The van der Waals surface area contributed by atoms with Crippen LogP contribution in [0.3, 0.4) is 0 Å². The van der Waals surface area contributed by atoms with Crippen LogP contribution < -0.4 is 17.0 Å². The molecule has 3 rings (SSSR count). The van der Waals surface area contributed by atoms with E-state index in [9.17, 15) is 14.4 Å². The van der Waals surface area contributed by atoms with Gasteiger partial charge in [-0.2, -0.15) is 0 Å². The van der Waals surface area contributed by atoms with Crippen LogP contribution in [0, 0.1) is 5.92 Å². The van der Waals surface area contributed by atoms with Crippen LogP contribution in [0.25, 0.3) is 11.0 Å². The summed E-state index contributed by atoms with van der Waals surface area (Å²) in [4.78, 5) is 39.1. The predicted molar refractivity (Wildman–Crippen MR) is 95.4 cm³/mol. The van der Waals surface area contributed by atoms with E-state index in [4.69, 9.17) is 5.73 Å². The van der Waals surface area contributed by atoms with Crippen LogP contribution in [-0.4, -0.2) is 43.6 Å². The molecule has 1 saturated heterocycles. The van der Waals surface area contributed by atoms with Gasteiger partial charge in [0.15, 0.2) is 0 Å². The minimum atomic E-state index is -0.406. The summed E-state index contributed by atoms with van der Waals surface area (Å²) in [5, 5.41) is 0.431. The number of carbonyl (C=O) groups excluding carboxylic acids is 1. The molecule has 1 amide bonds. The maximum absolute atomic E-state index is 12.8. The number of hydrogen-bond donors (Lipinski definition) is 1. The number of nitrogens with zero attached hydrogens (tertiary/aromatic N) is 4. The summed E-state index contributed by atoms with van der Waals surface area (Å²) in [7, 11) is 3.06. The van der Waals surface area contributed by atoms with Crippen molar-refractivity contribution < 1.29 is 4.79 Å². The van der Waals surface area contributed by atoms with Gasteiger partial charge in [0.2, 0.25) is 5.91 Å². The fourth-order valence-electron chi connectivity index (χ4n) is 3.76. The maximum Gasteiger partial charge on any atom is 0.332 e. The zero-order chi connectivity index (χ0) is 18.3. The molecular weight excluding hydrogens is 322 g/mol. The van der Waals surface area contributed by atoms with Gasteiger partial charge in [0, 0.05) is 39.4 Å². The van der Waals surface area contributed by atoms with E-state index in [1.165, 1.54) is 11.6 Å².